The Morgan fingerprint density at radius 1 is 1.41 bits per heavy atom. The third kappa shape index (κ3) is 7.27. The molecule has 0 unspecified atom stereocenters. The van der Waals surface area contributed by atoms with E-state index in [1.54, 1.807) is 0 Å². The second kappa shape index (κ2) is 8.40. The fourth-order valence-electron chi connectivity index (χ4n) is 1.02. The van der Waals surface area contributed by atoms with Crippen molar-refractivity contribution < 1.29 is 23.1 Å². The summed E-state index contributed by atoms with van der Waals surface area (Å²) in [6.07, 6.45) is 1.14. The van der Waals surface area contributed by atoms with Crippen LogP contribution in [0.15, 0.2) is 0 Å². The van der Waals surface area contributed by atoms with Crippen molar-refractivity contribution in [2.75, 3.05) is 33.9 Å². The molecule has 0 bridgehead atoms. The van der Waals surface area contributed by atoms with Gasteiger partial charge in [-0.3, -0.25) is 4.79 Å². The van der Waals surface area contributed by atoms with Crippen molar-refractivity contribution in [2.24, 2.45) is 0 Å². The van der Waals surface area contributed by atoms with E-state index >= 15 is 0 Å². The summed E-state index contributed by atoms with van der Waals surface area (Å²) in [6.45, 7) is 0.382. The van der Waals surface area contributed by atoms with Gasteiger partial charge >= 0.3 is 5.97 Å². The van der Waals surface area contributed by atoms with Crippen molar-refractivity contribution in [1.29, 1.82) is 0 Å². The lowest BCUT2D eigenvalue weighted by atomic mass is 10.3. The van der Waals surface area contributed by atoms with Crippen LogP contribution >= 0.6 is 0 Å². The van der Waals surface area contributed by atoms with Gasteiger partial charge in [0.2, 0.25) is 0 Å². The number of aliphatic hydroxyl groups is 1. The van der Waals surface area contributed by atoms with Gasteiger partial charge in [-0.2, -0.15) is 12.7 Å². The standard InChI is InChI=1S/C9H20N2O5S/c1-11(7-5-9(13)16-2)17(14,15)10-6-3-4-8-12/h10,12H,3-8H2,1-2H3. The molecular formula is C9H20N2O5S. The van der Waals surface area contributed by atoms with E-state index < -0.39 is 16.2 Å². The third-order valence-electron chi connectivity index (χ3n) is 2.14. The highest BCUT2D eigenvalue weighted by molar-refractivity contribution is 7.87. The lowest BCUT2D eigenvalue weighted by Gasteiger charge is -2.16. The first-order valence-electron chi connectivity index (χ1n) is 5.32. The highest BCUT2D eigenvalue weighted by Crippen LogP contribution is 1.97. The molecule has 7 nitrogen and oxygen atoms in total. The maximum absolute atomic E-state index is 11.6. The second-order valence-electron chi connectivity index (χ2n) is 3.48. The molecule has 17 heavy (non-hydrogen) atoms. The number of unbranched alkanes of at least 4 members (excludes halogenated alkanes) is 1. The number of ether oxygens (including phenoxy) is 1. The van der Waals surface area contributed by atoms with Crippen LogP contribution < -0.4 is 4.72 Å². The van der Waals surface area contributed by atoms with Crippen LogP contribution in [-0.2, 0) is 19.7 Å². The molecule has 0 aliphatic carbocycles. The van der Waals surface area contributed by atoms with Gasteiger partial charge in [0.15, 0.2) is 0 Å². The first-order chi connectivity index (χ1) is 7.94. The molecule has 0 spiro atoms. The number of methoxy groups -OCH3 is 1. The molecule has 0 amide bonds. The van der Waals surface area contributed by atoms with Crippen molar-refractivity contribution >= 4 is 16.2 Å². The van der Waals surface area contributed by atoms with Crippen LogP contribution in [0, 0.1) is 0 Å². The number of nitrogens with one attached hydrogen (secondary N) is 1. The maximum Gasteiger partial charge on any atom is 0.306 e. The van der Waals surface area contributed by atoms with Crippen LogP contribution in [0.2, 0.25) is 0 Å². The van der Waals surface area contributed by atoms with Crippen molar-refractivity contribution in [1.82, 2.24) is 9.03 Å². The van der Waals surface area contributed by atoms with Crippen LogP contribution in [-0.4, -0.2) is 57.7 Å². The predicted molar refractivity (Wildman–Crippen MR) is 62.5 cm³/mol. The molecule has 0 heterocycles. The summed E-state index contributed by atoms with van der Waals surface area (Å²) in [4.78, 5) is 10.9. The van der Waals surface area contributed by atoms with E-state index in [1.165, 1.54) is 14.2 Å². The first-order valence-corrected chi connectivity index (χ1v) is 6.76. The van der Waals surface area contributed by atoms with E-state index in [9.17, 15) is 13.2 Å². The fourth-order valence-corrected chi connectivity index (χ4v) is 1.97. The smallest absolute Gasteiger partial charge is 0.306 e. The number of hydrogen-bond acceptors (Lipinski definition) is 5. The molecule has 0 rings (SSSR count). The summed E-state index contributed by atoms with van der Waals surface area (Å²) >= 11 is 0. The Hall–Kier alpha value is -0.700. The summed E-state index contributed by atoms with van der Waals surface area (Å²) in [7, 11) is -0.911. The average Bonchev–Trinajstić information content (AvgIpc) is 2.31. The summed E-state index contributed by atoms with van der Waals surface area (Å²) in [5, 5.41) is 8.54. The zero-order chi connectivity index (χ0) is 13.3. The molecule has 0 radical (unpaired) electrons. The maximum atomic E-state index is 11.6. The fraction of sp³-hybridized carbons (Fsp3) is 0.889. The third-order valence-corrected chi connectivity index (χ3v) is 3.71. The molecule has 0 aliphatic rings. The van der Waals surface area contributed by atoms with Gasteiger partial charge in [0, 0.05) is 26.7 Å². The number of rotatable bonds is 9. The van der Waals surface area contributed by atoms with E-state index in [4.69, 9.17) is 5.11 Å². The molecule has 2 N–H and O–H groups in total. The minimum absolute atomic E-state index is 0.0184. The van der Waals surface area contributed by atoms with E-state index in [2.05, 4.69) is 9.46 Å². The lowest BCUT2D eigenvalue weighted by Crippen LogP contribution is -2.39. The van der Waals surface area contributed by atoms with Crippen LogP contribution in [0.5, 0.6) is 0 Å². The van der Waals surface area contributed by atoms with Gasteiger partial charge < -0.3 is 9.84 Å². The van der Waals surface area contributed by atoms with Gasteiger partial charge in [-0.25, -0.2) is 4.72 Å². The highest BCUT2D eigenvalue weighted by Gasteiger charge is 2.17. The Kier molecular flexibility index (Phi) is 8.05. The van der Waals surface area contributed by atoms with E-state index in [0.29, 0.717) is 12.8 Å². The van der Waals surface area contributed by atoms with Crippen molar-refractivity contribution in [2.45, 2.75) is 19.3 Å². The molecule has 0 saturated heterocycles. The Labute approximate surface area is 102 Å². The van der Waals surface area contributed by atoms with Crippen molar-refractivity contribution in [3.8, 4) is 0 Å². The van der Waals surface area contributed by atoms with E-state index in [-0.39, 0.29) is 26.1 Å². The van der Waals surface area contributed by atoms with Crippen LogP contribution in [0.1, 0.15) is 19.3 Å². The lowest BCUT2D eigenvalue weighted by molar-refractivity contribution is -0.140. The van der Waals surface area contributed by atoms with Crippen LogP contribution in [0.25, 0.3) is 0 Å². The van der Waals surface area contributed by atoms with Gasteiger partial charge in [0.05, 0.1) is 13.5 Å². The topological polar surface area (TPSA) is 95.9 Å². The molecule has 0 aliphatic heterocycles. The quantitative estimate of drug-likeness (QED) is 0.417. The molecule has 0 fully saturated rings. The Balaban J connectivity index is 3.99. The first kappa shape index (κ1) is 16.3. The summed E-state index contributed by atoms with van der Waals surface area (Å²) in [6, 6.07) is 0. The monoisotopic (exact) mass is 268 g/mol. The molecule has 0 saturated carbocycles. The van der Waals surface area contributed by atoms with Gasteiger partial charge in [-0.05, 0) is 12.8 Å². The molecule has 0 atom stereocenters. The summed E-state index contributed by atoms with van der Waals surface area (Å²) in [5.41, 5.74) is 0. The molecule has 102 valence electrons. The number of nitrogens with zero attached hydrogens (tertiary/aromatic N) is 1. The zero-order valence-corrected chi connectivity index (χ0v) is 11.0. The zero-order valence-electron chi connectivity index (χ0n) is 10.2. The Bertz CT molecular complexity index is 317. The summed E-state index contributed by atoms with van der Waals surface area (Å²) in [5.74, 6) is -0.452. The van der Waals surface area contributed by atoms with Crippen LogP contribution in [0.3, 0.4) is 0 Å². The number of carbonyl (C=O) groups excluding carboxylic acids is 1. The SMILES string of the molecule is COC(=O)CCN(C)S(=O)(=O)NCCCCO. The van der Waals surface area contributed by atoms with Crippen molar-refractivity contribution in [3.63, 3.8) is 0 Å². The minimum Gasteiger partial charge on any atom is -0.469 e. The number of carbonyl (C=O) groups is 1. The van der Waals surface area contributed by atoms with Crippen molar-refractivity contribution in [3.05, 3.63) is 0 Å². The minimum atomic E-state index is -3.55. The second-order valence-corrected chi connectivity index (χ2v) is 5.34. The molecule has 0 aromatic rings. The Morgan fingerprint density at radius 2 is 2.06 bits per heavy atom. The molecule has 0 aromatic carbocycles. The van der Waals surface area contributed by atoms with Gasteiger partial charge in [-0.15, -0.1) is 0 Å². The normalized spacial score (nSPS) is 11.8. The largest absolute Gasteiger partial charge is 0.469 e. The average molecular weight is 268 g/mol. The summed E-state index contributed by atoms with van der Waals surface area (Å²) < 4.78 is 31.0. The molecule has 8 heteroatoms. The molecular weight excluding hydrogens is 248 g/mol. The van der Waals surface area contributed by atoms with Crippen LogP contribution in [0.4, 0.5) is 0 Å². The van der Waals surface area contributed by atoms with Gasteiger partial charge in [0.1, 0.15) is 0 Å². The highest BCUT2D eigenvalue weighted by atomic mass is 32.2. The predicted octanol–water partition coefficient (Wildman–Crippen LogP) is -0.912. The Morgan fingerprint density at radius 3 is 2.59 bits per heavy atom. The number of esters is 1. The van der Waals surface area contributed by atoms with Gasteiger partial charge in [0.25, 0.3) is 10.2 Å². The van der Waals surface area contributed by atoms with E-state index in [1.807, 2.05) is 0 Å². The van der Waals surface area contributed by atoms with E-state index in [0.717, 1.165) is 4.31 Å². The molecule has 0 aromatic heterocycles. The number of hydrogen-bond donors (Lipinski definition) is 2. The number of aliphatic hydroxyl groups excluding tert-OH is 1. The van der Waals surface area contributed by atoms with Gasteiger partial charge in [-0.1, -0.05) is 0 Å².